The van der Waals surface area contributed by atoms with Gasteiger partial charge in [-0.3, -0.25) is 4.40 Å². The fourth-order valence-corrected chi connectivity index (χ4v) is 3.12. The van der Waals surface area contributed by atoms with Crippen molar-refractivity contribution in [1.29, 1.82) is 0 Å². The highest BCUT2D eigenvalue weighted by molar-refractivity contribution is 5.65. The fourth-order valence-electron chi connectivity index (χ4n) is 3.12. The standard InChI is InChI=1S/C17H17FN6O2/c18-12-9-20-16(21-11-4-7-23(8-5-11)17(25)26)22-15(12)13-10-19-14-3-1-2-6-24(13)14/h1-3,6,9-11H,4-5,7-8H2,(H,25,26)(H,20,21,22). The van der Waals surface area contributed by atoms with E-state index >= 15 is 0 Å². The van der Waals surface area contributed by atoms with Crippen LogP contribution in [0.15, 0.2) is 36.8 Å². The van der Waals surface area contributed by atoms with Crippen LogP contribution in [0.25, 0.3) is 17.0 Å². The summed E-state index contributed by atoms with van der Waals surface area (Å²) in [5.74, 6) is -0.206. The Morgan fingerprint density at radius 3 is 2.81 bits per heavy atom. The minimum atomic E-state index is -0.906. The number of pyridine rings is 1. The van der Waals surface area contributed by atoms with E-state index in [4.69, 9.17) is 5.11 Å². The monoisotopic (exact) mass is 356 g/mol. The Morgan fingerprint density at radius 2 is 2.04 bits per heavy atom. The maximum absolute atomic E-state index is 14.3. The van der Waals surface area contributed by atoms with Gasteiger partial charge in [-0.25, -0.2) is 24.1 Å². The second-order valence-electron chi connectivity index (χ2n) is 6.15. The van der Waals surface area contributed by atoms with Gasteiger partial charge in [-0.1, -0.05) is 6.07 Å². The van der Waals surface area contributed by atoms with Crippen LogP contribution in [0, 0.1) is 5.82 Å². The van der Waals surface area contributed by atoms with Crippen LogP contribution < -0.4 is 5.32 Å². The number of carbonyl (C=O) groups is 1. The lowest BCUT2D eigenvalue weighted by Gasteiger charge is -2.30. The van der Waals surface area contributed by atoms with Crippen molar-refractivity contribution in [3.8, 4) is 11.4 Å². The molecule has 1 saturated heterocycles. The SMILES string of the molecule is O=C(O)N1CCC(Nc2ncc(F)c(-c3cnc4ccccn34)n2)CC1. The number of fused-ring (bicyclic) bond motifs is 1. The van der Waals surface area contributed by atoms with Crippen molar-refractivity contribution in [1.82, 2.24) is 24.3 Å². The number of halogens is 1. The summed E-state index contributed by atoms with van der Waals surface area (Å²) in [7, 11) is 0. The largest absolute Gasteiger partial charge is 0.465 e. The molecule has 8 nitrogen and oxygen atoms in total. The van der Waals surface area contributed by atoms with Gasteiger partial charge in [0.25, 0.3) is 0 Å². The predicted molar refractivity (Wildman–Crippen MR) is 92.4 cm³/mol. The molecular formula is C17H17FN6O2. The van der Waals surface area contributed by atoms with E-state index in [1.165, 1.54) is 4.90 Å². The molecule has 0 bridgehead atoms. The molecule has 0 unspecified atom stereocenters. The van der Waals surface area contributed by atoms with E-state index in [9.17, 15) is 9.18 Å². The summed E-state index contributed by atoms with van der Waals surface area (Å²) < 4.78 is 16.1. The molecule has 0 radical (unpaired) electrons. The topological polar surface area (TPSA) is 95.7 Å². The van der Waals surface area contributed by atoms with Crippen molar-refractivity contribution in [2.24, 2.45) is 0 Å². The van der Waals surface area contributed by atoms with Crippen LogP contribution in [0.3, 0.4) is 0 Å². The van der Waals surface area contributed by atoms with Crippen molar-refractivity contribution in [2.75, 3.05) is 18.4 Å². The molecule has 0 saturated carbocycles. The van der Waals surface area contributed by atoms with Crippen molar-refractivity contribution < 1.29 is 14.3 Å². The fraction of sp³-hybridized carbons (Fsp3) is 0.294. The molecule has 1 aliphatic heterocycles. The highest BCUT2D eigenvalue weighted by Crippen LogP contribution is 2.23. The van der Waals surface area contributed by atoms with E-state index in [1.807, 2.05) is 18.2 Å². The molecule has 9 heteroatoms. The Kier molecular flexibility index (Phi) is 4.11. The van der Waals surface area contributed by atoms with E-state index in [-0.39, 0.29) is 11.7 Å². The third kappa shape index (κ3) is 3.03. The first-order valence-corrected chi connectivity index (χ1v) is 8.31. The molecule has 26 heavy (non-hydrogen) atoms. The van der Waals surface area contributed by atoms with E-state index in [2.05, 4.69) is 20.3 Å². The molecule has 4 heterocycles. The number of nitrogens with one attached hydrogen (secondary N) is 1. The third-order valence-electron chi connectivity index (χ3n) is 4.50. The first kappa shape index (κ1) is 16.2. The van der Waals surface area contributed by atoms with Crippen LogP contribution >= 0.6 is 0 Å². The highest BCUT2D eigenvalue weighted by atomic mass is 19.1. The second kappa shape index (κ2) is 6.58. The van der Waals surface area contributed by atoms with Gasteiger partial charge >= 0.3 is 6.09 Å². The zero-order valence-electron chi connectivity index (χ0n) is 13.8. The average molecular weight is 356 g/mol. The number of carboxylic acid groups (broad SMARTS) is 1. The molecule has 1 fully saturated rings. The summed E-state index contributed by atoms with van der Waals surface area (Å²) in [5, 5.41) is 12.2. The number of imidazole rings is 1. The van der Waals surface area contributed by atoms with E-state index < -0.39 is 11.9 Å². The minimum Gasteiger partial charge on any atom is -0.465 e. The Balaban J connectivity index is 1.56. The summed E-state index contributed by atoms with van der Waals surface area (Å²) in [6.07, 6.45) is 4.91. The molecular weight excluding hydrogens is 339 g/mol. The van der Waals surface area contributed by atoms with Gasteiger partial charge in [0, 0.05) is 25.3 Å². The number of likely N-dealkylation sites (tertiary alicyclic amines) is 1. The average Bonchev–Trinajstić information content (AvgIpc) is 3.08. The normalized spacial score (nSPS) is 15.3. The third-order valence-corrected chi connectivity index (χ3v) is 4.50. The van der Waals surface area contributed by atoms with Gasteiger partial charge in [0.2, 0.25) is 5.95 Å². The smallest absolute Gasteiger partial charge is 0.407 e. The summed E-state index contributed by atoms with van der Waals surface area (Å²) in [6, 6.07) is 5.58. The summed E-state index contributed by atoms with van der Waals surface area (Å²) in [4.78, 5) is 25.0. The van der Waals surface area contributed by atoms with Crippen LogP contribution in [0.1, 0.15) is 12.8 Å². The maximum Gasteiger partial charge on any atom is 0.407 e. The molecule has 3 aromatic heterocycles. The van der Waals surface area contributed by atoms with E-state index in [1.54, 1.807) is 16.8 Å². The summed E-state index contributed by atoms with van der Waals surface area (Å²) in [5.41, 5.74) is 1.42. The van der Waals surface area contributed by atoms with E-state index in [0.717, 1.165) is 6.20 Å². The molecule has 0 spiro atoms. The molecule has 2 N–H and O–H groups in total. The Morgan fingerprint density at radius 1 is 1.23 bits per heavy atom. The first-order chi connectivity index (χ1) is 12.6. The second-order valence-corrected chi connectivity index (χ2v) is 6.15. The number of anilines is 1. The van der Waals surface area contributed by atoms with Gasteiger partial charge in [-0.15, -0.1) is 0 Å². The van der Waals surface area contributed by atoms with Crippen molar-refractivity contribution in [3.63, 3.8) is 0 Å². The summed E-state index contributed by atoms with van der Waals surface area (Å²) >= 11 is 0. The molecule has 1 amide bonds. The molecule has 0 aliphatic carbocycles. The lowest BCUT2D eigenvalue weighted by atomic mass is 10.1. The van der Waals surface area contributed by atoms with Gasteiger partial charge in [0.05, 0.1) is 18.1 Å². The van der Waals surface area contributed by atoms with Gasteiger partial charge in [0.15, 0.2) is 5.82 Å². The van der Waals surface area contributed by atoms with E-state index in [0.29, 0.717) is 43.2 Å². The van der Waals surface area contributed by atoms with Gasteiger partial charge in [-0.05, 0) is 25.0 Å². The Hall–Kier alpha value is -3.23. The molecule has 3 aromatic rings. The lowest BCUT2D eigenvalue weighted by molar-refractivity contribution is 0.133. The number of hydrogen-bond donors (Lipinski definition) is 2. The van der Waals surface area contributed by atoms with Gasteiger partial charge in [-0.2, -0.15) is 0 Å². The van der Waals surface area contributed by atoms with Crippen LogP contribution in [0.2, 0.25) is 0 Å². The maximum atomic E-state index is 14.3. The zero-order chi connectivity index (χ0) is 18.1. The van der Waals surface area contributed by atoms with Crippen LogP contribution in [0.5, 0.6) is 0 Å². The lowest BCUT2D eigenvalue weighted by Crippen LogP contribution is -2.41. The van der Waals surface area contributed by atoms with Crippen LogP contribution in [-0.2, 0) is 0 Å². The number of rotatable bonds is 3. The Labute approximate surface area is 148 Å². The van der Waals surface area contributed by atoms with Crippen LogP contribution in [0.4, 0.5) is 15.1 Å². The first-order valence-electron chi connectivity index (χ1n) is 8.31. The number of piperidine rings is 1. The zero-order valence-corrected chi connectivity index (χ0v) is 13.8. The molecule has 4 rings (SSSR count). The number of nitrogens with zero attached hydrogens (tertiary/aromatic N) is 5. The van der Waals surface area contributed by atoms with Crippen molar-refractivity contribution >= 4 is 17.7 Å². The molecule has 1 aliphatic rings. The number of hydrogen-bond acceptors (Lipinski definition) is 5. The van der Waals surface area contributed by atoms with Crippen LogP contribution in [-0.4, -0.2) is 54.6 Å². The van der Waals surface area contributed by atoms with Crippen molar-refractivity contribution in [3.05, 3.63) is 42.6 Å². The molecule has 0 atom stereocenters. The predicted octanol–water partition coefficient (Wildman–Crippen LogP) is 2.48. The molecule has 134 valence electrons. The van der Waals surface area contributed by atoms with Gasteiger partial charge < -0.3 is 15.3 Å². The summed E-state index contributed by atoms with van der Waals surface area (Å²) in [6.45, 7) is 0.905. The Bertz CT molecular complexity index is 951. The highest BCUT2D eigenvalue weighted by Gasteiger charge is 2.23. The minimum absolute atomic E-state index is 0.0473. The quantitative estimate of drug-likeness (QED) is 0.749. The molecule has 0 aromatic carbocycles. The number of amides is 1. The van der Waals surface area contributed by atoms with Crippen molar-refractivity contribution in [2.45, 2.75) is 18.9 Å². The number of aromatic nitrogens is 4. The van der Waals surface area contributed by atoms with Gasteiger partial charge in [0.1, 0.15) is 11.3 Å².